The van der Waals surface area contributed by atoms with Crippen LogP contribution >= 0.6 is 0 Å². The maximum atomic E-state index is 12.3. The molecule has 0 saturated heterocycles. The average Bonchev–Trinajstić information content (AvgIpc) is 2.84. The number of fused-ring (bicyclic) bond motifs is 1. The molecule has 2 N–H and O–H groups in total. The van der Waals surface area contributed by atoms with Crippen LogP contribution in [-0.4, -0.2) is 31.8 Å². The van der Waals surface area contributed by atoms with Crippen LogP contribution in [-0.2, 0) is 7.05 Å². The third kappa shape index (κ3) is 2.98. The van der Waals surface area contributed by atoms with Gasteiger partial charge in [-0.3, -0.25) is 14.3 Å². The molecule has 0 aliphatic rings. The zero-order valence-electron chi connectivity index (χ0n) is 13.5. The maximum Gasteiger partial charge on any atom is 0.276 e. The van der Waals surface area contributed by atoms with Crippen molar-refractivity contribution >= 4 is 22.6 Å². The number of amides is 1. The molecule has 124 valence electrons. The third-order valence-electron chi connectivity index (χ3n) is 3.34. The number of anilines is 1. The number of aromatic nitrogens is 4. The first-order valence-electron chi connectivity index (χ1n) is 7.44. The second kappa shape index (κ2) is 6.15. The van der Waals surface area contributed by atoms with E-state index in [1.54, 1.807) is 11.7 Å². The van der Waals surface area contributed by atoms with E-state index in [1.807, 2.05) is 32.0 Å². The van der Waals surface area contributed by atoms with Crippen molar-refractivity contribution in [3.05, 3.63) is 46.6 Å². The molecule has 0 radical (unpaired) electrons. The Balaban J connectivity index is 2.01. The van der Waals surface area contributed by atoms with Crippen molar-refractivity contribution in [2.45, 2.75) is 20.0 Å². The Kier molecular flexibility index (Phi) is 4.03. The van der Waals surface area contributed by atoms with E-state index in [0.29, 0.717) is 17.0 Å². The topological polar surface area (TPSA) is 102 Å². The first-order valence-corrected chi connectivity index (χ1v) is 7.44. The van der Waals surface area contributed by atoms with Gasteiger partial charge in [0.25, 0.3) is 11.5 Å². The number of nitrogens with zero attached hydrogens (tertiary/aromatic N) is 3. The number of hydrogen-bond acceptors (Lipinski definition) is 5. The summed E-state index contributed by atoms with van der Waals surface area (Å²) in [6.07, 6.45) is 2.30. The van der Waals surface area contributed by atoms with Crippen molar-refractivity contribution in [3.8, 4) is 5.75 Å². The minimum atomic E-state index is -0.467. The lowest BCUT2D eigenvalue weighted by Crippen LogP contribution is -2.17. The van der Waals surface area contributed by atoms with Crippen molar-refractivity contribution in [1.82, 2.24) is 19.7 Å². The van der Waals surface area contributed by atoms with Gasteiger partial charge in [-0.25, -0.2) is 4.98 Å². The van der Waals surface area contributed by atoms with Crippen LogP contribution in [0, 0.1) is 0 Å². The fourth-order valence-electron chi connectivity index (χ4n) is 2.36. The largest absolute Gasteiger partial charge is 0.490 e. The van der Waals surface area contributed by atoms with Crippen LogP contribution < -0.4 is 15.6 Å². The van der Waals surface area contributed by atoms with Gasteiger partial charge in [-0.2, -0.15) is 5.10 Å². The van der Waals surface area contributed by atoms with Gasteiger partial charge in [-0.1, -0.05) is 6.07 Å². The molecule has 24 heavy (non-hydrogen) atoms. The lowest BCUT2D eigenvalue weighted by molar-refractivity contribution is 0.102. The Morgan fingerprint density at radius 3 is 2.83 bits per heavy atom. The zero-order valence-corrected chi connectivity index (χ0v) is 13.5. The van der Waals surface area contributed by atoms with Gasteiger partial charge in [0.2, 0.25) is 0 Å². The zero-order chi connectivity index (χ0) is 17.3. The molecule has 0 aliphatic carbocycles. The first-order chi connectivity index (χ1) is 11.5. The molecule has 1 amide bonds. The molecule has 0 aliphatic heterocycles. The second-order valence-corrected chi connectivity index (χ2v) is 5.54. The molecule has 0 atom stereocenters. The lowest BCUT2D eigenvalue weighted by Gasteiger charge is -2.11. The minimum Gasteiger partial charge on any atom is -0.490 e. The van der Waals surface area contributed by atoms with E-state index in [9.17, 15) is 9.59 Å². The highest BCUT2D eigenvalue weighted by Gasteiger charge is 2.18. The van der Waals surface area contributed by atoms with E-state index in [2.05, 4.69) is 20.4 Å². The van der Waals surface area contributed by atoms with E-state index in [0.717, 1.165) is 11.7 Å². The van der Waals surface area contributed by atoms with E-state index in [4.69, 9.17) is 4.74 Å². The van der Waals surface area contributed by atoms with Crippen LogP contribution in [0.4, 0.5) is 5.82 Å². The fraction of sp³-hybridized carbons (Fsp3) is 0.250. The SMILES string of the molecule is CC(C)Oc1cccc2c1c(NC(=O)c1c[nH]c(=O)cn1)nn2C. The Labute approximate surface area is 137 Å². The van der Waals surface area contributed by atoms with E-state index >= 15 is 0 Å². The molecule has 3 aromatic rings. The Morgan fingerprint density at radius 2 is 2.17 bits per heavy atom. The second-order valence-electron chi connectivity index (χ2n) is 5.54. The smallest absolute Gasteiger partial charge is 0.276 e. The van der Waals surface area contributed by atoms with Gasteiger partial charge in [0.15, 0.2) is 5.82 Å². The van der Waals surface area contributed by atoms with Gasteiger partial charge in [-0.15, -0.1) is 0 Å². The van der Waals surface area contributed by atoms with Crippen LogP contribution in [0.25, 0.3) is 10.9 Å². The third-order valence-corrected chi connectivity index (χ3v) is 3.34. The van der Waals surface area contributed by atoms with Crippen molar-refractivity contribution < 1.29 is 9.53 Å². The van der Waals surface area contributed by atoms with Gasteiger partial charge in [0.1, 0.15) is 11.4 Å². The predicted octanol–water partition coefficient (Wildman–Crippen LogP) is 1.70. The Bertz CT molecular complexity index is 937. The molecular weight excluding hydrogens is 310 g/mol. The molecule has 0 bridgehead atoms. The number of nitrogens with one attached hydrogen (secondary N) is 2. The molecule has 0 saturated carbocycles. The number of rotatable bonds is 4. The minimum absolute atomic E-state index is 0.0137. The monoisotopic (exact) mass is 327 g/mol. The predicted molar refractivity (Wildman–Crippen MR) is 89.3 cm³/mol. The molecule has 0 fully saturated rings. The Hall–Kier alpha value is -3.16. The van der Waals surface area contributed by atoms with Gasteiger partial charge in [-0.05, 0) is 26.0 Å². The first kappa shape index (κ1) is 15.7. The van der Waals surface area contributed by atoms with Crippen LogP contribution in [0.2, 0.25) is 0 Å². The Morgan fingerprint density at radius 1 is 1.38 bits per heavy atom. The summed E-state index contributed by atoms with van der Waals surface area (Å²) in [5.41, 5.74) is 0.552. The number of benzene rings is 1. The number of H-pyrrole nitrogens is 1. The van der Waals surface area contributed by atoms with Crippen molar-refractivity contribution in [2.24, 2.45) is 7.05 Å². The van der Waals surface area contributed by atoms with Crippen LogP contribution in [0.3, 0.4) is 0 Å². The van der Waals surface area contributed by atoms with Crippen molar-refractivity contribution in [3.63, 3.8) is 0 Å². The maximum absolute atomic E-state index is 12.3. The summed E-state index contributed by atoms with van der Waals surface area (Å²) in [4.78, 5) is 29.6. The molecule has 2 aromatic heterocycles. The summed E-state index contributed by atoms with van der Waals surface area (Å²) < 4.78 is 7.48. The number of ether oxygens (including phenoxy) is 1. The highest BCUT2D eigenvalue weighted by Crippen LogP contribution is 2.32. The van der Waals surface area contributed by atoms with Gasteiger partial charge in [0.05, 0.1) is 23.2 Å². The molecule has 0 spiro atoms. The lowest BCUT2D eigenvalue weighted by atomic mass is 10.2. The van der Waals surface area contributed by atoms with E-state index in [1.165, 1.54) is 6.20 Å². The molecule has 2 heterocycles. The normalized spacial score (nSPS) is 11.0. The van der Waals surface area contributed by atoms with E-state index in [-0.39, 0.29) is 17.4 Å². The highest BCUT2D eigenvalue weighted by atomic mass is 16.5. The summed E-state index contributed by atoms with van der Waals surface area (Å²) in [5, 5.41) is 7.78. The van der Waals surface area contributed by atoms with Crippen molar-refractivity contribution in [1.29, 1.82) is 0 Å². The fourth-order valence-corrected chi connectivity index (χ4v) is 2.36. The number of carbonyl (C=O) groups is 1. The number of hydrogen-bond donors (Lipinski definition) is 2. The molecule has 1 aromatic carbocycles. The number of aryl methyl sites for hydroxylation is 1. The van der Waals surface area contributed by atoms with Crippen LogP contribution in [0.5, 0.6) is 5.75 Å². The standard InChI is InChI=1S/C16H17N5O3/c1-9(2)24-12-6-4-5-11-14(12)15(20-21(11)3)19-16(23)10-7-18-13(22)8-17-10/h4-9H,1-3H3,(H,18,22)(H,19,20,23). The quantitative estimate of drug-likeness (QED) is 0.759. The number of carbonyl (C=O) groups excluding carboxylic acids is 1. The van der Waals surface area contributed by atoms with Crippen LogP contribution in [0.15, 0.2) is 35.4 Å². The molecule has 8 heteroatoms. The van der Waals surface area contributed by atoms with Gasteiger partial charge >= 0.3 is 0 Å². The summed E-state index contributed by atoms with van der Waals surface area (Å²) in [6, 6.07) is 5.60. The summed E-state index contributed by atoms with van der Waals surface area (Å²) >= 11 is 0. The van der Waals surface area contributed by atoms with Gasteiger partial charge < -0.3 is 15.0 Å². The average molecular weight is 327 g/mol. The molecule has 0 unspecified atom stereocenters. The summed E-state index contributed by atoms with van der Waals surface area (Å²) in [5.74, 6) is 0.549. The van der Waals surface area contributed by atoms with Gasteiger partial charge in [0, 0.05) is 13.2 Å². The molecular formula is C16H17N5O3. The summed E-state index contributed by atoms with van der Waals surface area (Å²) in [7, 11) is 1.79. The van der Waals surface area contributed by atoms with Crippen molar-refractivity contribution in [2.75, 3.05) is 5.32 Å². The van der Waals surface area contributed by atoms with Crippen LogP contribution in [0.1, 0.15) is 24.3 Å². The highest BCUT2D eigenvalue weighted by molar-refractivity contribution is 6.08. The molecule has 3 rings (SSSR count). The van der Waals surface area contributed by atoms with E-state index < -0.39 is 5.91 Å². The molecule has 8 nitrogen and oxygen atoms in total. The number of aromatic amines is 1. The summed E-state index contributed by atoms with van der Waals surface area (Å²) in [6.45, 7) is 3.86.